The smallest absolute Gasteiger partial charge is 0.0582 e. The van der Waals surface area contributed by atoms with Gasteiger partial charge >= 0.3 is 0 Å². The molecule has 2 heteroatoms. The summed E-state index contributed by atoms with van der Waals surface area (Å²) < 4.78 is 0. The van der Waals surface area contributed by atoms with Gasteiger partial charge in [-0.1, -0.05) is 27.2 Å². The molecule has 0 amide bonds. The van der Waals surface area contributed by atoms with Crippen molar-refractivity contribution in [3.63, 3.8) is 0 Å². The van der Waals surface area contributed by atoms with Crippen LogP contribution >= 0.6 is 0 Å². The molecule has 0 saturated heterocycles. The van der Waals surface area contributed by atoms with Crippen LogP contribution in [0.15, 0.2) is 0 Å². The summed E-state index contributed by atoms with van der Waals surface area (Å²) in [5.41, 5.74) is 0. The lowest BCUT2D eigenvalue weighted by Gasteiger charge is -2.23. The second-order valence-corrected chi connectivity index (χ2v) is 4.10. The van der Waals surface area contributed by atoms with E-state index in [4.69, 9.17) is 5.11 Å². The van der Waals surface area contributed by atoms with E-state index in [2.05, 4.69) is 26.1 Å². The highest BCUT2D eigenvalue weighted by atomic mass is 16.3. The fourth-order valence-corrected chi connectivity index (χ4v) is 1.46. The van der Waals surface area contributed by atoms with Crippen molar-refractivity contribution in [2.75, 3.05) is 6.61 Å². The quantitative estimate of drug-likeness (QED) is 0.640. The maximum absolute atomic E-state index is 8.91. The van der Waals surface area contributed by atoms with Gasteiger partial charge in [-0.3, -0.25) is 0 Å². The van der Waals surface area contributed by atoms with Crippen molar-refractivity contribution < 1.29 is 5.11 Å². The van der Waals surface area contributed by atoms with Crippen LogP contribution in [0.2, 0.25) is 0 Å². The van der Waals surface area contributed by atoms with E-state index in [-0.39, 0.29) is 12.6 Å². The Morgan fingerprint density at radius 1 is 1.15 bits per heavy atom. The van der Waals surface area contributed by atoms with E-state index in [1.54, 1.807) is 0 Å². The highest BCUT2D eigenvalue weighted by Gasteiger charge is 2.12. The molecule has 13 heavy (non-hydrogen) atoms. The number of rotatable bonds is 7. The number of aliphatic hydroxyl groups excluding tert-OH is 1. The van der Waals surface area contributed by atoms with Crippen molar-refractivity contribution in [2.45, 2.75) is 59.0 Å². The molecular weight excluding hydrogens is 162 g/mol. The van der Waals surface area contributed by atoms with E-state index < -0.39 is 0 Å². The largest absolute Gasteiger partial charge is 0.395 e. The van der Waals surface area contributed by atoms with Gasteiger partial charge in [0.15, 0.2) is 0 Å². The molecule has 2 N–H and O–H groups in total. The van der Waals surface area contributed by atoms with Crippen molar-refractivity contribution in [3.8, 4) is 0 Å². The van der Waals surface area contributed by atoms with E-state index in [0.717, 1.165) is 12.3 Å². The molecule has 0 aliphatic heterocycles. The van der Waals surface area contributed by atoms with Crippen LogP contribution in [-0.2, 0) is 0 Å². The first-order valence-corrected chi connectivity index (χ1v) is 5.50. The predicted octanol–water partition coefficient (Wildman–Crippen LogP) is 2.17. The van der Waals surface area contributed by atoms with Gasteiger partial charge in [-0.2, -0.15) is 0 Å². The molecule has 0 aromatic carbocycles. The fourth-order valence-electron chi connectivity index (χ4n) is 1.46. The third-order valence-corrected chi connectivity index (χ3v) is 2.67. The van der Waals surface area contributed by atoms with Crippen molar-refractivity contribution in [2.24, 2.45) is 5.92 Å². The third kappa shape index (κ3) is 6.05. The highest BCUT2D eigenvalue weighted by molar-refractivity contribution is 4.71. The van der Waals surface area contributed by atoms with Crippen molar-refractivity contribution in [3.05, 3.63) is 0 Å². The molecule has 0 saturated carbocycles. The molecule has 0 fully saturated rings. The van der Waals surface area contributed by atoms with Crippen LogP contribution in [-0.4, -0.2) is 23.8 Å². The summed E-state index contributed by atoms with van der Waals surface area (Å²) in [6.45, 7) is 8.97. The van der Waals surface area contributed by atoms with Gasteiger partial charge in [0, 0.05) is 12.1 Å². The Morgan fingerprint density at radius 3 is 2.15 bits per heavy atom. The third-order valence-electron chi connectivity index (χ3n) is 2.67. The summed E-state index contributed by atoms with van der Waals surface area (Å²) in [7, 11) is 0. The molecule has 0 aliphatic carbocycles. The van der Waals surface area contributed by atoms with Crippen molar-refractivity contribution in [1.82, 2.24) is 5.32 Å². The molecule has 0 aliphatic rings. The zero-order valence-corrected chi connectivity index (χ0v) is 9.51. The summed E-state index contributed by atoms with van der Waals surface area (Å²) in [6.07, 6.45) is 3.61. The van der Waals surface area contributed by atoms with Gasteiger partial charge in [0.25, 0.3) is 0 Å². The number of hydrogen-bond donors (Lipinski definition) is 2. The van der Waals surface area contributed by atoms with Crippen molar-refractivity contribution in [1.29, 1.82) is 0 Å². The summed E-state index contributed by atoms with van der Waals surface area (Å²) in [4.78, 5) is 0. The first-order valence-electron chi connectivity index (χ1n) is 5.50. The number of nitrogens with one attached hydrogen (secondary N) is 1. The predicted molar refractivity (Wildman–Crippen MR) is 57.8 cm³/mol. The van der Waals surface area contributed by atoms with Crippen LogP contribution in [0.25, 0.3) is 0 Å². The molecule has 3 atom stereocenters. The van der Waals surface area contributed by atoms with Crippen LogP contribution < -0.4 is 5.32 Å². The van der Waals surface area contributed by atoms with Gasteiger partial charge in [0.2, 0.25) is 0 Å². The molecular formula is C11H25NO. The van der Waals surface area contributed by atoms with Gasteiger partial charge in [0.1, 0.15) is 0 Å². The molecule has 2 nitrogen and oxygen atoms in total. The summed E-state index contributed by atoms with van der Waals surface area (Å²) >= 11 is 0. The average Bonchev–Trinajstić information content (AvgIpc) is 2.16. The molecule has 0 radical (unpaired) electrons. The van der Waals surface area contributed by atoms with Crippen LogP contribution in [0.5, 0.6) is 0 Å². The minimum Gasteiger partial charge on any atom is -0.395 e. The Hall–Kier alpha value is -0.0800. The molecule has 0 spiro atoms. The van der Waals surface area contributed by atoms with Gasteiger partial charge in [-0.25, -0.2) is 0 Å². The topological polar surface area (TPSA) is 32.3 Å². The second kappa shape index (κ2) is 7.34. The van der Waals surface area contributed by atoms with Crippen molar-refractivity contribution >= 4 is 0 Å². The molecule has 0 bridgehead atoms. The monoisotopic (exact) mass is 187 g/mol. The normalized spacial score (nSPS) is 18.2. The first kappa shape index (κ1) is 12.9. The molecule has 0 unspecified atom stereocenters. The van der Waals surface area contributed by atoms with Crippen LogP contribution in [0, 0.1) is 5.92 Å². The number of aliphatic hydroxyl groups is 1. The zero-order valence-electron chi connectivity index (χ0n) is 9.51. The average molecular weight is 187 g/mol. The Balaban J connectivity index is 3.74. The lowest BCUT2D eigenvalue weighted by molar-refractivity contribution is 0.231. The van der Waals surface area contributed by atoms with E-state index >= 15 is 0 Å². The molecule has 0 aromatic heterocycles. The lowest BCUT2D eigenvalue weighted by atomic mass is 9.97. The summed E-state index contributed by atoms with van der Waals surface area (Å²) in [5.74, 6) is 0.781. The molecule has 0 heterocycles. The van der Waals surface area contributed by atoms with Crippen LogP contribution in [0.3, 0.4) is 0 Å². The Kier molecular flexibility index (Phi) is 7.29. The first-order chi connectivity index (χ1) is 6.13. The van der Waals surface area contributed by atoms with Gasteiger partial charge < -0.3 is 10.4 Å². The Labute approximate surface area is 82.7 Å². The van der Waals surface area contributed by atoms with E-state index in [1.165, 1.54) is 12.8 Å². The highest BCUT2D eigenvalue weighted by Crippen LogP contribution is 2.12. The molecule has 0 rings (SSSR count). The van der Waals surface area contributed by atoms with Gasteiger partial charge in [0.05, 0.1) is 6.61 Å². The van der Waals surface area contributed by atoms with Gasteiger partial charge in [-0.15, -0.1) is 0 Å². The Bertz CT molecular complexity index is 105. The van der Waals surface area contributed by atoms with Crippen LogP contribution in [0.1, 0.15) is 47.0 Å². The summed E-state index contributed by atoms with van der Waals surface area (Å²) in [5, 5.41) is 12.3. The standard InChI is InChI=1S/C11H25NO/c1-5-9(3)7-11(6-2)12-10(4)8-13/h9-13H,5-8H2,1-4H3/t9-,10+,11-/m1/s1. The van der Waals surface area contributed by atoms with Crippen LogP contribution in [0.4, 0.5) is 0 Å². The van der Waals surface area contributed by atoms with Gasteiger partial charge in [-0.05, 0) is 25.7 Å². The fraction of sp³-hybridized carbons (Fsp3) is 1.00. The zero-order chi connectivity index (χ0) is 10.3. The Morgan fingerprint density at radius 2 is 1.77 bits per heavy atom. The molecule has 80 valence electrons. The second-order valence-electron chi connectivity index (χ2n) is 4.10. The maximum Gasteiger partial charge on any atom is 0.0582 e. The minimum atomic E-state index is 0.231. The van der Waals surface area contributed by atoms with E-state index in [0.29, 0.717) is 6.04 Å². The maximum atomic E-state index is 8.91. The summed E-state index contributed by atoms with van der Waals surface area (Å²) in [6, 6.07) is 0.797. The molecule has 0 aromatic rings. The lowest BCUT2D eigenvalue weighted by Crippen LogP contribution is -2.39. The SMILES string of the molecule is CC[C@@H](C)C[C@@H](CC)N[C@@H](C)CO. The van der Waals surface area contributed by atoms with E-state index in [9.17, 15) is 0 Å². The minimum absolute atomic E-state index is 0.231. The van der Waals surface area contributed by atoms with E-state index in [1.807, 2.05) is 6.92 Å². The number of hydrogen-bond acceptors (Lipinski definition) is 2.